The minimum atomic E-state index is -0.709. The van der Waals surface area contributed by atoms with E-state index in [1.807, 2.05) is 0 Å². The van der Waals surface area contributed by atoms with Crippen LogP contribution in [0.15, 0.2) is 40.9 Å². The molecule has 2 aromatic carbocycles. The molecule has 0 bridgehead atoms. The fourth-order valence-corrected chi connectivity index (χ4v) is 1.99. The third kappa shape index (κ3) is 2.88. The van der Waals surface area contributed by atoms with Crippen molar-refractivity contribution < 1.29 is 9.18 Å². The van der Waals surface area contributed by atoms with Gasteiger partial charge in [0.2, 0.25) is 0 Å². The average Bonchev–Trinajstić information content (AvgIpc) is 2.39. The largest absolute Gasteiger partial charge is 0.397 e. The number of rotatable bonds is 2. The molecule has 6 heteroatoms. The van der Waals surface area contributed by atoms with Crippen LogP contribution in [0, 0.1) is 5.82 Å². The lowest BCUT2D eigenvalue weighted by Crippen LogP contribution is -2.15. The van der Waals surface area contributed by atoms with Crippen LogP contribution in [0.5, 0.6) is 0 Å². The lowest BCUT2D eigenvalue weighted by Gasteiger charge is -2.09. The van der Waals surface area contributed by atoms with Crippen molar-refractivity contribution in [1.82, 2.24) is 0 Å². The van der Waals surface area contributed by atoms with Crippen LogP contribution in [0.25, 0.3) is 0 Å². The van der Waals surface area contributed by atoms with Crippen LogP contribution >= 0.6 is 27.5 Å². The first kappa shape index (κ1) is 13.8. The number of benzene rings is 2. The third-order valence-corrected chi connectivity index (χ3v) is 3.81. The smallest absolute Gasteiger partial charge is 0.258 e. The molecular weight excluding hydrogens is 335 g/mol. The molecule has 19 heavy (non-hydrogen) atoms. The van der Waals surface area contributed by atoms with Gasteiger partial charge in [-0.15, -0.1) is 0 Å². The molecule has 0 heterocycles. The van der Waals surface area contributed by atoms with Gasteiger partial charge in [0.15, 0.2) is 5.82 Å². The molecule has 0 saturated carbocycles. The first-order chi connectivity index (χ1) is 9.00. The number of para-hydroxylation sites is 2. The van der Waals surface area contributed by atoms with Gasteiger partial charge < -0.3 is 11.1 Å². The summed E-state index contributed by atoms with van der Waals surface area (Å²) in [6.07, 6.45) is 0. The molecule has 3 N–H and O–H groups in total. The molecule has 0 fully saturated rings. The monoisotopic (exact) mass is 342 g/mol. The lowest BCUT2D eigenvalue weighted by molar-refractivity contribution is 0.102. The molecule has 0 aliphatic carbocycles. The van der Waals surface area contributed by atoms with Gasteiger partial charge in [-0.1, -0.05) is 23.7 Å². The predicted octanol–water partition coefficient (Wildman–Crippen LogP) is 4.08. The maximum absolute atomic E-state index is 13.9. The maximum Gasteiger partial charge on any atom is 0.258 e. The quantitative estimate of drug-likeness (QED) is 0.638. The molecule has 0 aromatic heterocycles. The number of hydrogen-bond donors (Lipinski definition) is 2. The highest BCUT2D eigenvalue weighted by atomic mass is 79.9. The fourth-order valence-electron chi connectivity index (χ4n) is 1.50. The Balaban J connectivity index is 2.31. The number of hydrogen-bond acceptors (Lipinski definition) is 2. The highest BCUT2D eigenvalue weighted by Crippen LogP contribution is 2.28. The van der Waals surface area contributed by atoms with Gasteiger partial charge in [-0.05, 0) is 40.2 Å². The van der Waals surface area contributed by atoms with Crippen LogP contribution in [0.2, 0.25) is 5.02 Å². The van der Waals surface area contributed by atoms with Gasteiger partial charge in [0, 0.05) is 0 Å². The molecule has 0 aliphatic heterocycles. The Morgan fingerprint density at radius 3 is 2.63 bits per heavy atom. The van der Waals surface area contributed by atoms with Crippen molar-refractivity contribution >= 4 is 44.8 Å². The Labute approximate surface area is 122 Å². The van der Waals surface area contributed by atoms with Crippen LogP contribution in [0.3, 0.4) is 0 Å². The van der Waals surface area contributed by atoms with Crippen LogP contribution in [0.1, 0.15) is 10.4 Å². The van der Waals surface area contributed by atoms with E-state index < -0.39 is 11.7 Å². The zero-order chi connectivity index (χ0) is 14.0. The van der Waals surface area contributed by atoms with Gasteiger partial charge in [0.05, 0.1) is 26.4 Å². The molecule has 98 valence electrons. The maximum atomic E-state index is 13.9. The molecule has 3 nitrogen and oxygen atoms in total. The van der Waals surface area contributed by atoms with E-state index in [1.54, 1.807) is 24.3 Å². The summed E-state index contributed by atoms with van der Waals surface area (Å²) in [7, 11) is 0. The second kappa shape index (κ2) is 5.59. The van der Waals surface area contributed by atoms with Gasteiger partial charge in [0.25, 0.3) is 5.91 Å². The molecule has 0 unspecified atom stereocenters. The zero-order valence-corrected chi connectivity index (χ0v) is 11.9. The standard InChI is InChI=1S/C13H9BrClFN2O/c14-11-8(15)6-5-7(12(11)16)13(19)18-10-4-2-1-3-9(10)17/h1-6H,17H2,(H,18,19). The number of anilines is 2. The number of nitrogen functional groups attached to an aromatic ring is 1. The first-order valence-electron chi connectivity index (χ1n) is 5.30. The Hall–Kier alpha value is -1.59. The Kier molecular flexibility index (Phi) is 4.07. The minimum absolute atomic E-state index is 0.0582. The van der Waals surface area contributed by atoms with Crippen molar-refractivity contribution in [3.63, 3.8) is 0 Å². The van der Waals surface area contributed by atoms with Crippen molar-refractivity contribution in [3.8, 4) is 0 Å². The van der Waals surface area contributed by atoms with Crippen LogP contribution in [-0.2, 0) is 0 Å². The molecule has 2 aromatic rings. The summed E-state index contributed by atoms with van der Waals surface area (Å²) in [6.45, 7) is 0. The number of nitrogens with two attached hydrogens (primary N) is 1. The topological polar surface area (TPSA) is 55.1 Å². The van der Waals surface area contributed by atoms with E-state index in [2.05, 4.69) is 21.2 Å². The number of amides is 1. The number of nitrogens with one attached hydrogen (secondary N) is 1. The zero-order valence-electron chi connectivity index (χ0n) is 9.58. The summed E-state index contributed by atoms with van der Waals surface area (Å²) in [4.78, 5) is 12.0. The van der Waals surface area contributed by atoms with Gasteiger partial charge in [-0.2, -0.15) is 0 Å². The highest BCUT2D eigenvalue weighted by molar-refractivity contribution is 9.10. The molecular formula is C13H9BrClFN2O. The Morgan fingerprint density at radius 1 is 1.26 bits per heavy atom. The number of carbonyl (C=O) groups is 1. The molecule has 2 rings (SSSR count). The summed E-state index contributed by atoms with van der Waals surface area (Å²) in [5.41, 5.74) is 6.42. The van der Waals surface area contributed by atoms with Crippen LogP contribution < -0.4 is 11.1 Å². The van der Waals surface area contributed by atoms with Gasteiger partial charge in [0.1, 0.15) is 0 Å². The van der Waals surface area contributed by atoms with Crippen molar-refractivity contribution in [3.05, 3.63) is 57.3 Å². The minimum Gasteiger partial charge on any atom is -0.397 e. The summed E-state index contributed by atoms with van der Waals surface area (Å²) >= 11 is 8.72. The average molecular weight is 344 g/mol. The van der Waals surface area contributed by atoms with Crippen LogP contribution in [-0.4, -0.2) is 5.91 Å². The molecule has 0 aliphatic rings. The summed E-state index contributed by atoms with van der Waals surface area (Å²) in [6, 6.07) is 9.50. The summed E-state index contributed by atoms with van der Waals surface area (Å²) in [5.74, 6) is -1.30. The van der Waals surface area contributed by atoms with Gasteiger partial charge in [-0.25, -0.2) is 4.39 Å². The summed E-state index contributed by atoms with van der Waals surface area (Å²) in [5, 5.41) is 2.75. The Bertz CT molecular complexity index is 649. The molecule has 0 saturated heterocycles. The normalized spacial score (nSPS) is 10.3. The highest BCUT2D eigenvalue weighted by Gasteiger charge is 2.17. The Morgan fingerprint density at radius 2 is 1.95 bits per heavy atom. The van der Waals surface area contributed by atoms with Crippen molar-refractivity contribution in [2.24, 2.45) is 0 Å². The van der Waals surface area contributed by atoms with E-state index in [1.165, 1.54) is 12.1 Å². The SMILES string of the molecule is Nc1ccccc1NC(=O)c1ccc(Cl)c(Br)c1F. The van der Waals surface area contributed by atoms with Crippen molar-refractivity contribution in [2.75, 3.05) is 11.1 Å². The summed E-state index contributed by atoms with van der Waals surface area (Å²) < 4.78 is 14.0. The van der Waals surface area contributed by atoms with E-state index in [0.717, 1.165) is 0 Å². The molecule has 0 spiro atoms. The van der Waals surface area contributed by atoms with Crippen molar-refractivity contribution in [1.29, 1.82) is 0 Å². The lowest BCUT2D eigenvalue weighted by atomic mass is 10.2. The first-order valence-corrected chi connectivity index (χ1v) is 6.47. The fraction of sp³-hybridized carbons (Fsp3) is 0. The molecule has 1 amide bonds. The van der Waals surface area contributed by atoms with E-state index in [9.17, 15) is 9.18 Å². The van der Waals surface area contributed by atoms with E-state index in [-0.39, 0.29) is 15.1 Å². The van der Waals surface area contributed by atoms with E-state index in [0.29, 0.717) is 11.4 Å². The van der Waals surface area contributed by atoms with Crippen molar-refractivity contribution in [2.45, 2.75) is 0 Å². The van der Waals surface area contributed by atoms with Crippen LogP contribution in [0.4, 0.5) is 15.8 Å². The predicted molar refractivity (Wildman–Crippen MR) is 77.9 cm³/mol. The van der Waals surface area contributed by atoms with Gasteiger partial charge in [-0.3, -0.25) is 4.79 Å². The number of carbonyl (C=O) groups excluding carboxylic acids is 1. The second-order valence-corrected chi connectivity index (χ2v) is 4.96. The van der Waals surface area contributed by atoms with E-state index in [4.69, 9.17) is 17.3 Å². The van der Waals surface area contributed by atoms with E-state index >= 15 is 0 Å². The van der Waals surface area contributed by atoms with Gasteiger partial charge >= 0.3 is 0 Å². The number of halogens is 3. The second-order valence-electron chi connectivity index (χ2n) is 3.76. The molecule has 0 radical (unpaired) electrons. The third-order valence-electron chi connectivity index (χ3n) is 2.49. The molecule has 0 atom stereocenters.